The van der Waals surface area contributed by atoms with Gasteiger partial charge in [0.05, 0.1) is 35.3 Å². The van der Waals surface area contributed by atoms with Gasteiger partial charge in [-0.05, 0) is 84.7 Å². The number of carbonyl (C=O) groups excluding carboxylic acids is 3. The van der Waals surface area contributed by atoms with Crippen molar-refractivity contribution in [3.63, 3.8) is 0 Å². The number of hydrogen-bond donors (Lipinski definition) is 2. The summed E-state index contributed by atoms with van der Waals surface area (Å²) in [4.78, 5) is 53.0. The Labute approximate surface area is 365 Å². The van der Waals surface area contributed by atoms with Crippen molar-refractivity contribution in [2.75, 3.05) is 33.8 Å². The number of ether oxygens (including phenoxy) is 5. The van der Waals surface area contributed by atoms with Crippen molar-refractivity contribution >= 4 is 34.9 Å². The van der Waals surface area contributed by atoms with E-state index in [1.54, 1.807) is 30.1 Å². The molecule has 1 aromatic carbocycles. The fourth-order valence-corrected chi connectivity index (χ4v) is 10.9. The van der Waals surface area contributed by atoms with Crippen LogP contribution in [0.2, 0.25) is 0 Å². The average molecular weight is 863 g/mol. The lowest BCUT2D eigenvalue weighted by atomic mass is 9.73. The third-order valence-corrected chi connectivity index (χ3v) is 14.2. The molecule has 13 nitrogen and oxygen atoms in total. The number of esters is 1. The number of amides is 1. The molecule has 2 N–H and O–H groups in total. The van der Waals surface area contributed by atoms with Crippen LogP contribution in [0.4, 0.5) is 4.79 Å². The van der Waals surface area contributed by atoms with E-state index in [-0.39, 0.29) is 30.6 Å². The van der Waals surface area contributed by atoms with Gasteiger partial charge in [-0.1, -0.05) is 69.9 Å². The Kier molecular flexibility index (Phi) is 15.2. The molecule has 13 atom stereocenters. The fourth-order valence-electron chi connectivity index (χ4n) is 10.0. The van der Waals surface area contributed by atoms with Gasteiger partial charge in [0.15, 0.2) is 17.7 Å². The number of benzene rings is 1. The zero-order valence-electron chi connectivity index (χ0n) is 37.5. The van der Waals surface area contributed by atoms with Gasteiger partial charge in [-0.25, -0.2) is 4.79 Å². The molecule has 0 aliphatic carbocycles. The van der Waals surface area contributed by atoms with E-state index in [2.05, 4.69) is 42.3 Å². The Morgan fingerprint density at radius 1 is 1.03 bits per heavy atom. The van der Waals surface area contributed by atoms with E-state index in [4.69, 9.17) is 28.7 Å². The average Bonchev–Trinajstić information content (AvgIpc) is 3.72. The number of rotatable bonds is 10. The van der Waals surface area contributed by atoms with E-state index < -0.39 is 71.5 Å². The first-order chi connectivity index (χ1) is 29.0. The first-order valence-electron chi connectivity index (χ1n) is 21.9. The lowest BCUT2D eigenvalue weighted by Gasteiger charge is -2.47. The Hall–Kier alpha value is -3.68. The smallest absolute Gasteiger partial charge is 0.410 e. The standard InChI is InChI=1S/C47H66N4O9S/c1-11-37-47(8)41-30(4)38(49-21-22-51(41)45(55)60-47)28(2)25-46(7,56-23-15-18-34-19-20-35(61-34)27-48-26-33-16-13-12-14-17-33)42(31(5)39(52)32(6)43(54)58-37)59-44-40(53)36(50(9)10)24-29(3)57-44/h12-14,16-17,19-20,28-32,36-37,40-42,44,48,53H,11,21-27H2,1-10H3/t28-,29-,30+,31+,32-,36+,37-,40-,41-,42-,44+,46+,47-/m1/s1. The molecule has 4 aliphatic rings. The van der Waals surface area contributed by atoms with E-state index >= 15 is 0 Å². The Balaban J connectivity index is 1.35. The third-order valence-electron chi connectivity index (χ3n) is 13.2. The minimum Gasteiger partial charge on any atom is -0.458 e. The summed E-state index contributed by atoms with van der Waals surface area (Å²) in [6, 6.07) is 13.6. The minimum absolute atomic E-state index is 0.00288. The zero-order chi connectivity index (χ0) is 44.2. The number of aliphatic hydroxyl groups is 1. The first kappa shape index (κ1) is 46.8. The number of likely N-dealkylation sites (N-methyl/N-ethyl adjacent to an activating group) is 1. The number of nitrogens with one attached hydrogen (secondary N) is 1. The summed E-state index contributed by atoms with van der Waals surface area (Å²) in [7, 11) is 3.81. The van der Waals surface area contributed by atoms with Gasteiger partial charge in [0, 0.05) is 48.1 Å². The molecule has 3 saturated heterocycles. The molecule has 5 heterocycles. The molecule has 0 spiro atoms. The Morgan fingerprint density at radius 3 is 2.48 bits per heavy atom. The van der Waals surface area contributed by atoms with E-state index in [1.807, 2.05) is 77.9 Å². The predicted octanol–water partition coefficient (Wildman–Crippen LogP) is 5.85. The summed E-state index contributed by atoms with van der Waals surface area (Å²) < 4.78 is 32.4. The van der Waals surface area contributed by atoms with Crippen LogP contribution < -0.4 is 5.32 Å². The highest BCUT2D eigenvalue weighted by Crippen LogP contribution is 2.44. The summed E-state index contributed by atoms with van der Waals surface area (Å²) in [5.41, 5.74) is -0.347. The summed E-state index contributed by atoms with van der Waals surface area (Å²) in [6.45, 7) is 17.2. The highest BCUT2D eigenvalue weighted by atomic mass is 32.1. The summed E-state index contributed by atoms with van der Waals surface area (Å²) in [6.07, 6.45) is -3.41. The second-order valence-corrected chi connectivity index (χ2v) is 19.2. The first-order valence-corrected chi connectivity index (χ1v) is 22.7. The quantitative estimate of drug-likeness (QED) is 0.169. The van der Waals surface area contributed by atoms with Crippen LogP contribution in [0.3, 0.4) is 0 Å². The van der Waals surface area contributed by atoms with Gasteiger partial charge in [-0.3, -0.25) is 19.5 Å². The minimum atomic E-state index is -1.23. The van der Waals surface area contributed by atoms with E-state index in [0.717, 1.165) is 22.0 Å². The molecule has 0 saturated carbocycles. The molecular weight excluding hydrogens is 797 g/mol. The SMILES string of the molecule is CC[C@H]1OC(=O)[C@H](C)C(=O)[C@H](C)[C@@H](O[C@@H]2O[C@H](C)C[C@H](N(C)C)[C@H]2O)[C@@](C)(OCC#Cc2ccc(CNCc3ccccc3)s2)C[C@@H](C)C2=NCCN3C(=O)O[C@@]1(C)[C@H]3[C@H]2C. The molecule has 3 fully saturated rings. The number of aliphatic imine (C=N–C) groups is 1. The van der Waals surface area contributed by atoms with Crippen LogP contribution in [-0.4, -0.2) is 126 Å². The van der Waals surface area contributed by atoms with Crippen molar-refractivity contribution in [2.24, 2.45) is 28.7 Å². The number of hydrogen-bond acceptors (Lipinski definition) is 13. The fraction of sp³-hybridized carbons (Fsp3) is 0.660. The molecule has 334 valence electrons. The van der Waals surface area contributed by atoms with Gasteiger partial charge in [0.25, 0.3) is 0 Å². The second-order valence-electron chi connectivity index (χ2n) is 18.0. The molecule has 0 unspecified atom stereocenters. The lowest BCUT2D eigenvalue weighted by molar-refractivity contribution is -0.296. The van der Waals surface area contributed by atoms with E-state index in [1.165, 1.54) is 5.56 Å². The van der Waals surface area contributed by atoms with Crippen molar-refractivity contribution < 1.29 is 43.2 Å². The number of ketones is 1. The van der Waals surface area contributed by atoms with Gasteiger partial charge >= 0.3 is 12.1 Å². The third kappa shape index (κ3) is 10.3. The van der Waals surface area contributed by atoms with Crippen molar-refractivity contribution in [1.29, 1.82) is 0 Å². The van der Waals surface area contributed by atoms with Crippen LogP contribution in [-0.2, 0) is 46.4 Å². The summed E-state index contributed by atoms with van der Waals surface area (Å²) in [5, 5.41) is 15.2. The molecule has 0 radical (unpaired) electrons. The van der Waals surface area contributed by atoms with Gasteiger partial charge in [0.2, 0.25) is 0 Å². The lowest BCUT2D eigenvalue weighted by Crippen LogP contribution is -2.60. The largest absolute Gasteiger partial charge is 0.458 e. The number of cyclic esters (lactones) is 1. The number of carbonyl (C=O) groups is 3. The van der Waals surface area contributed by atoms with Crippen molar-refractivity contribution in [3.8, 4) is 11.8 Å². The number of Topliss-reactive ketones (excluding diaryl/α,β-unsaturated/α-hetero) is 1. The van der Waals surface area contributed by atoms with E-state index in [0.29, 0.717) is 38.9 Å². The number of thiophene rings is 1. The van der Waals surface area contributed by atoms with Crippen LogP contribution in [0.1, 0.15) is 90.0 Å². The maximum absolute atomic E-state index is 14.6. The van der Waals surface area contributed by atoms with Gasteiger partial charge in [0.1, 0.15) is 24.7 Å². The van der Waals surface area contributed by atoms with Gasteiger partial charge in [-0.2, -0.15) is 0 Å². The maximum atomic E-state index is 14.6. The van der Waals surface area contributed by atoms with Crippen LogP contribution in [0.25, 0.3) is 0 Å². The van der Waals surface area contributed by atoms with Crippen LogP contribution >= 0.6 is 11.3 Å². The molecule has 61 heavy (non-hydrogen) atoms. The number of aliphatic hydroxyl groups excluding tert-OH is 1. The second kappa shape index (κ2) is 19.8. The van der Waals surface area contributed by atoms with Crippen LogP contribution in [0.5, 0.6) is 0 Å². The van der Waals surface area contributed by atoms with Crippen molar-refractivity contribution in [1.82, 2.24) is 15.1 Å². The van der Waals surface area contributed by atoms with Crippen LogP contribution in [0.15, 0.2) is 47.5 Å². The highest BCUT2D eigenvalue weighted by Gasteiger charge is 2.60. The predicted molar refractivity (Wildman–Crippen MR) is 234 cm³/mol. The normalized spacial score (nSPS) is 36.0. The molecule has 2 aromatic rings. The van der Waals surface area contributed by atoms with Crippen molar-refractivity contribution in [2.45, 2.75) is 142 Å². The van der Waals surface area contributed by atoms with Gasteiger partial charge < -0.3 is 39.0 Å². The molecular formula is C47H66N4O9S. The summed E-state index contributed by atoms with van der Waals surface area (Å²) >= 11 is 1.61. The Morgan fingerprint density at radius 2 is 1.77 bits per heavy atom. The summed E-state index contributed by atoms with van der Waals surface area (Å²) in [5.74, 6) is 2.72. The molecule has 6 rings (SSSR count). The Bertz CT molecular complexity index is 1950. The van der Waals surface area contributed by atoms with Crippen molar-refractivity contribution in [3.05, 3.63) is 57.8 Å². The number of nitrogens with zero attached hydrogens (tertiary/aromatic N) is 3. The molecule has 14 heteroatoms. The number of fused-ring (bicyclic) bond motifs is 1. The maximum Gasteiger partial charge on any atom is 0.410 e. The highest BCUT2D eigenvalue weighted by molar-refractivity contribution is 7.12. The van der Waals surface area contributed by atoms with Crippen LogP contribution in [0, 0.1) is 35.5 Å². The monoisotopic (exact) mass is 862 g/mol. The topological polar surface area (TPSA) is 148 Å². The van der Waals surface area contributed by atoms with E-state index in [9.17, 15) is 19.5 Å². The molecule has 2 bridgehead atoms. The van der Waals surface area contributed by atoms with Gasteiger partial charge in [-0.15, -0.1) is 11.3 Å². The molecule has 1 aromatic heterocycles. The molecule has 4 aliphatic heterocycles. The zero-order valence-corrected chi connectivity index (χ0v) is 38.3. The molecule has 1 amide bonds.